The van der Waals surface area contributed by atoms with Crippen LogP contribution in [0, 0.1) is 5.92 Å². The average Bonchev–Trinajstić information content (AvgIpc) is 2.38. The van der Waals surface area contributed by atoms with E-state index in [1.807, 2.05) is 38.1 Å². The number of para-hydroxylation sites is 1. The number of rotatable bonds is 7. The van der Waals surface area contributed by atoms with Crippen molar-refractivity contribution >= 4 is 21.8 Å². The van der Waals surface area contributed by atoms with Gasteiger partial charge in [0.25, 0.3) is 0 Å². The quantitative estimate of drug-likeness (QED) is 0.807. The van der Waals surface area contributed by atoms with E-state index >= 15 is 0 Å². The Morgan fingerprint density at radius 3 is 2.74 bits per heavy atom. The molecule has 0 bridgehead atoms. The molecule has 19 heavy (non-hydrogen) atoms. The van der Waals surface area contributed by atoms with Gasteiger partial charge in [-0.25, -0.2) is 0 Å². The molecular weight excluding hydrogens is 310 g/mol. The Hall–Kier alpha value is -1.07. The molecule has 1 aromatic carbocycles. The number of nitrogens with one attached hydrogen (secondary N) is 1. The maximum absolute atomic E-state index is 11.5. The van der Waals surface area contributed by atoms with Crippen molar-refractivity contribution in [3.8, 4) is 5.75 Å². The van der Waals surface area contributed by atoms with E-state index in [0.29, 0.717) is 6.61 Å². The molecule has 1 rings (SSSR count). The second-order valence-electron chi connectivity index (χ2n) is 4.64. The van der Waals surface area contributed by atoms with Gasteiger partial charge in [-0.05, 0) is 34.0 Å². The third-order valence-corrected chi connectivity index (χ3v) is 3.36. The minimum atomic E-state index is -0.506. The van der Waals surface area contributed by atoms with Crippen LogP contribution in [0.5, 0.6) is 5.75 Å². The maximum Gasteiger partial charge on any atom is 0.223 e. The highest BCUT2D eigenvalue weighted by Gasteiger charge is 2.10. The fraction of sp³-hybridized carbons (Fsp3) is 0.500. The summed E-state index contributed by atoms with van der Waals surface area (Å²) in [5.41, 5.74) is 0. The molecule has 4 nitrogen and oxygen atoms in total. The normalized spacial score (nSPS) is 12.3. The predicted octanol–water partition coefficient (Wildman–Crippen LogP) is 2.35. The number of carbonyl (C=O) groups excluding carboxylic acids is 1. The second kappa shape index (κ2) is 8.17. The fourth-order valence-electron chi connectivity index (χ4n) is 1.36. The van der Waals surface area contributed by atoms with Gasteiger partial charge in [-0.1, -0.05) is 26.0 Å². The summed E-state index contributed by atoms with van der Waals surface area (Å²) in [7, 11) is 0. The Bertz CT molecular complexity index is 409. The summed E-state index contributed by atoms with van der Waals surface area (Å²) >= 11 is 3.37. The summed E-state index contributed by atoms with van der Waals surface area (Å²) in [6.45, 7) is 4.41. The zero-order chi connectivity index (χ0) is 14.3. The monoisotopic (exact) mass is 329 g/mol. The van der Waals surface area contributed by atoms with Gasteiger partial charge in [-0.3, -0.25) is 4.79 Å². The Labute approximate surface area is 122 Å². The molecule has 2 N–H and O–H groups in total. The van der Waals surface area contributed by atoms with Crippen LogP contribution in [0.15, 0.2) is 28.7 Å². The molecule has 0 spiro atoms. The lowest BCUT2D eigenvalue weighted by molar-refractivity contribution is -0.122. The number of benzene rings is 1. The molecule has 0 aliphatic rings. The molecule has 0 heterocycles. The van der Waals surface area contributed by atoms with Gasteiger partial charge in [0.05, 0.1) is 23.6 Å². The molecular formula is C14H20BrNO3. The smallest absolute Gasteiger partial charge is 0.223 e. The maximum atomic E-state index is 11.5. The highest BCUT2D eigenvalue weighted by Crippen LogP contribution is 2.23. The van der Waals surface area contributed by atoms with E-state index in [0.717, 1.165) is 10.2 Å². The van der Waals surface area contributed by atoms with Crippen molar-refractivity contribution in [3.63, 3.8) is 0 Å². The lowest BCUT2D eigenvalue weighted by Gasteiger charge is -2.15. The van der Waals surface area contributed by atoms with Crippen LogP contribution < -0.4 is 10.1 Å². The molecule has 1 amide bonds. The number of aliphatic hydroxyl groups excluding tert-OH is 1. The minimum absolute atomic E-state index is 0.119. The van der Waals surface area contributed by atoms with E-state index in [1.54, 1.807) is 0 Å². The van der Waals surface area contributed by atoms with Crippen molar-refractivity contribution in [2.24, 2.45) is 5.92 Å². The average molecular weight is 330 g/mol. The number of ether oxygens (including phenoxy) is 1. The van der Waals surface area contributed by atoms with Gasteiger partial charge in [-0.2, -0.15) is 0 Å². The van der Waals surface area contributed by atoms with Crippen molar-refractivity contribution < 1.29 is 14.6 Å². The first kappa shape index (κ1) is 16.0. The third kappa shape index (κ3) is 6.07. The number of hydrogen-bond acceptors (Lipinski definition) is 3. The first-order valence-corrected chi connectivity index (χ1v) is 7.12. The van der Waals surface area contributed by atoms with Crippen LogP contribution in [0.1, 0.15) is 20.3 Å². The molecule has 0 saturated heterocycles. The third-order valence-electron chi connectivity index (χ3n) is 2.70. The molecule has 1 aromatic rings. The van der Waals surface area contributed by atoms with E-state index < -0.39 is 6.10 Å². The summed E-state index contributed by atoms with van der Waals surface area (Å²) in [6, 6.07) is 7.50. The molecule has 5 heteroatoms. The second-order valence-corrected chi connectivity index (χ2v) is 5.50. The summed E-state index contributed by atoms with van der Waals surface area (Å²) < 4.78 is 6.36. The number of carbonyl (C=O) groups is 1. The van der Waals surface area contributed by atoms with Crippen molar-refractivity contribution in [2.45, 2.75) is 26.4 Å². The highest BCUT2D eigenvalue weighted by atomic mass is 79.9. The first-order chi connectivity index (χ1) is 9.00. The Kier molecular flexibility index (Phi) is 6.87. The first-order valence-electron chi connectivity index (χ1n) is 6.32. The van der Waals surface area contributed by atoms with Crippen molar-refractivity contribution in [1.82, 2.24) is 5.32 Å². The molecule has 0 unspecified atom stereocenters. The Balaban J connectivity index is 2.23. The van der Waals surface area contributed by atoms with Crippen LogP contribution in [0.3, 0.4) is 0 Å². The lowest BCUT2D eigenvalue weighted by Crippen LogP contribution is -2.35. The number of aliphatic hydroxyl groups is 1. The number of halogens is 1. The van der Waals surface area contributed by atoms with E-state index in [9.17, 15) is 9.90 Å². The van der Waals surface area contributed by atoms with E-state index in [-0.39, 0.29) is 24.8 Å². The standard InChI is InChI=1S/C14H20BrNO3/c1-10(2)12(17)9-16-14(18)7-8-19-13-6-4-3-5-11(13)15/h3-6,10,12,17H,7-9H2,1-2H3,(H,16,18)/t12-/m1/s1. The van der Waals surface area contributed by atoms with Crippen LogP contribution in [0.2, 0.25) is 0 Å². The van der Waals surface area contributed by atoms with E-state index in [2.05, 4.69) is 21.2 Å². The van der Waals surface area contributed by atoms with Gasteiger partial charge in [-0.15, -0.1) is 0 Å². The van der Waals surface area contributed by atoms with Crippen LogP contribution >= 0.6 is 15.9 Å². The van der Waals surface area contributed by atoms with Gasteiger partial charge in [0.15, 0.2) is 0 Å². The molecule has 0 aliphatic heterocycles. The van der Waals surface area contributed by atoms with Crippen molar-refractivity contribution in [1.29, 1.82) is 0 Å². The van der Waals surface area contributed by atoms with Crippen molar-refractivity contribution in [2.75, 3.05) is 13.2 Å². The molecule has 0 aromatic heterocycles. The predicted molar refractivity (Wildman–Crippen MR) is 78.1 cm³/mol. The molecule has 0 saturated carbocycles. The largest absolute Gasteiger partial charge is 0.492 e. The van der Waals surface area contributed by atoms with Gasteiger partial charge in [0.1, 0.15) is 5.75 Å². The SMILES string of the molecule is CC(C)[C@H](O)CNC(=O)CCOc1ccccc1Br. The molecule has 106 valence electrons. The van der Waals surface area contributed by atoms with Crippen LogP contribution in [-0.2, 0) is 4.79 Å². The number of hydrogen-bond donors (Lipinski definition) is 2. The van der Waals surface area contributed by atoms with Crippen molar-refractivity contribution in [3.05, 3.63) is 28.7 Å². The van der Waals surface area contributed by atoms with E-state index in [1.165, 1.54) is 0 Å². The zero-order valence-electron chi connectivity index (χ0n) is 11.2. The molecule has 0 aliphatic carbocycles. The van der Waals surface area contributed by atoms with Gasteiger partial charge < -0.3 is 15.2 Å². The van der Waals surface area contributed by atoms with Gasteiger partial charge in [0.2, 0.25) is 5.91 Å². The lowest BCUT2D eigenvalue weighted by atomic mass is 10.1. The molecule has 1 atom stereocenters. The van der Waals surface area contributed by atoms with Crippen LogP contribution in [0.4, 0.5) is 0 Å². The number of amides is 1. The zero-order valence-corrected chi connectivity index (χ0v) is 12.8. The summed E-state index contributed by atoms with van der Waals surface area (Å²) in [6.07, 6.45) is -0.236. The summed E-state index contributed by atoms with van der Waals surface area (Å²) in [4.78, 5) is 11.5. The van der Waals surface area contributed by atoms with Crippen LogP contribution in [-0.4, -0.2) is 30.3 Å². The summed E-state index contributed by atoms with van der Waals surface area (Å²) in [5, 5.41) is 12.2. The summed E-state index contributed by atoms with van der Waals surface area (Å²) in [5.74, 6) is 0.737. The fourth-order valence-corrected chi connectivity index (χ4v) is 1.76. The van der Waals surface area contributed by atoms with Gasteiger partial charge in [0, 0.05) is 6.54 Å². The minimum Gasteiger partial charge on any atom is -0.492 e. The Morgan fingerprint density at radius 2 is 2.11 bits per heavy atom. The Morgan fingerprint density at radius 1 is 1.42 bits per heavy atom. The molecule has 0 radical (unpaired) electrons. The highest BCUT2D eigenvalue weighted by molar-refractivity contribution is 9.10. The van der Waals surface area contributed by atoms with Gasteiger partial charge >= 0.3 is 0 Å². The molecule has 0 fully saturated rings. The topological polar surface area (TPSA) is 58.6 Å². The van der Waals surface area contributed by atoms with Crippen LogP contribution in [0.25, 0.3) is 0 Å². The van der Waals surface area contributed by atoms with E-state index in [4.69, 9.17) is 4.74 Å².